The minimum Gasteiger partial charge on any atom is -0.453 e. The zero-order valence-corrected chi connectivity index (χ0v) is 10.8. The second kappa shape index (κ2) is 6.88. The molecular formula is C10H12F2N2O4S. The van der Waals surface area contributed by atoms with E-state index >= 15 is 0 Å². The molecule has 0 spiro atoms. The van der Waals surface area contributed by atoms with Gasteiger partial charge in [-0.2, -0.15) is 0 Å². The van der Waals surface area contributed by atoms with Gasteiger partial charge in [-0.15, -0.1) is 0 Å². The first-order valence-corrected chi connectivity index (χ1v) is 6.50. The number of nitrogens with one attached hydrogen (secondary N) is 2. The highest BCUT2D eigenvalue weighted by Crippen LogP contribution is 2.23. The lowest BCUT2D eigenvalue weighted by molar-refractivity contribution is 0.187. The number of hydrogen-bond donors (Lipinski definition) is 3. The molecule has 6 nitrogen and oxygen atoms in total. The van der Waals surface area contributed by atoms with Crippen molar-refractivity contribution in [3.8, 4) is 0 Å². The first-order valence-electron chi connectivity index (χ1n) is 5.13. The van der Waals surface area contributed by atoms with E-state index in [9.17, 15) is 22.0 Å². The molecule has 0 unspecified atom stereocenters. The number of rotatable bonds is 5. The molecule has 19 heavy (non-hydrogen) atoms. The molecule has 2 N–H and O–H groups in total. The minimum atomic E-state index is -2.62. The average molecular weight is 294 g/mol. The summed E-state index contributed by atoms with van der Waals surface area (Å²) in [5.41, 5.74) is -0.561. The lowest BCUT2D eigenvalue weighted by Gasteiger charge is -2.10. The molecule has 106 valence electrons. The minimum absolute atomic E-state index is 0.109. The standard InChI is InChI=1S/C10H12F2N2O4S/c1-18-10(15)14-6-4-7(11)9(8(12)5-6)13-2-3-19(16)17/h4-5,13,19H,2-3H2,1H3,(H,14,15). The van der Waals surface area contributed by atoms with E-state index in [0.29, 0.717) is 0 Å². The molecule has 0 atom stereocenters. The summed E-state index contributed by atoms with van der Waals surface area (Å²) in [5.74, 6) is -2.14. The van der Waals surface area contributed by atoms with E-state index < -0.39 is 34.1 Å². The molecule has 0 saturated carbocycles. The number of methoxy groups -OCH3 is 1. The van der Waals surface area contributed by atoms with Crippen molar-refractivity contribution in [2.75, 3.05) is 30.0 Å². The topological polar surface area (TPSA) is 84.5 Å². The van der Waals surface area contributed by atoms with Crippen LogP contribution in [0.3, 0.4) is 0 Å². The fraction of sp³-hybridized carbons (Fsp3) is 0.300. The molecular weight excluding hydrogens is 282 g/mol. The molecule has 9 heteroatoms. The van der Waals surface area contributed by atoms with Gasteiger partial charge in [-0.3, -0.25) is 5.32 Å². The van der Waals surface area contributed by atoms with Crippen LogP contribution in [0.5, 0.6) is 0 Å². The van der Waals surface area contributed by atoms with Gasteiger partial charge < -0.3 is 10.1 Å². The number of hydrogen-bond acceptors (Lipinski definition) is 5. The first-order chi connectivity index (χ1) is 8.93. The van der Waals surface area contributed by atoms with Crippen LogP contribution in [-0.2, 0) is 15.4 Å². The van der Waals surface area contributed by atoms with Gasteiger partial charge in [-0.1, -0.05) is 0 Å². The summed E-state index contributed by atoms with van der Waals surface area (Å²) in [7, 11) is -1.50. The molecule has 0 radical (unpaired) electrons. The summed E-state index contributed by atoms with van der Waals surface area (Å²) in [5, 5.41) is 4.44. The maximum atomic E-state index is 13.5. The largest absolute Gasteiger partial charge is 0.453 e. The number of halogens is 2. The van der Waals surface area contributed by atoms with Crippen molar-refractivity contribution in [2.24, 2.45) is 0 Å². The smallest absolute Gasteiger partial charge is 0.411 e. The van der Waals surface area contributed by atoms with E-state index in [1.807, 2.05) is 0 Å². The molecule has 1 aromatic rings. The third-order valence-corrected chi connectivity index (χ3v) is 2.66. The summed E-state index contributed by atoms with van der Waals surface area (Å²) < 4.78 is 52.0. The summed E-state index contributed by atoms with van der Waals surface area (Å²) in [6.07, 6.45) is -0.858. The molecule has 1 amide bonds. The van der Waals surface area contributed by atoms with E-state index in [0.717, 1.165) is 19.2 Å². The van der Waals surface area contributed by atoms with Crippen molar-refractivity contribution in [3.63, 3.8) is 0 Å². The third-order valence-electron chi connectivity index (χ3n) is 2.07. The predicted molar refractivity (Wildman–Crippen MR) is 66.1 cm³/mol. The average Bonchev–Trinajstić information content (AvgIpc) is 2.32. The summed E-state index contributed by atoms with van der Waals surface area (Å²) in [6.45, 7) is -0.115. The molecule has 0 aliphatic rings. The molecule has 1 aromatic carbocycles. The highest BCUT2D eigenvalue weighted by Gasteiger charge is 2.12. The van der Waals surface area contributed by atoms with Crippen LogP contribution < -0.4 is 10.6 Å². The van der Waals surface area contributed by atoms with Gasteiger partial charge in [-0.05, 0) is 12.1 Å². The molecule has 0 heterocycles. The van der Waals surface area contributed by atoms with Crippen molar-refractivity contribution in [3.05, 3.63) is 23.8 Å². The second-order valence-electron chi connectivity index (χ2n) is 3.41. The summed E-state index contributed by atoms with van der Waals surface area (Å²) in [6, 6.07) is 1.78. The number of carbonyl (C=O) groups excluding carboxylic acids is 1. The number of amides is 1. The fourth-order valence-electron chi connectivity index (χ4n) is 1.26. The monoisotopic (exact) mass is 294 g/mol. The van der Waals surface area contributed by atoms with Gasteiger partial charge in [0.2, 0.25) is 0 Å². The van der Waals surface area contributed by atoms with Gasteiger partial charge in [0, 0.05) is 12.2 Å². The third kappa shape index (κ3) is 4.70. The number of ether oxygens (including phenoxy) is 1. The molecule has 0 saturated heterocycles. The normalized spacial score (nSPS) is 10.3. The molecule has 1 rings (SSSR count). The quantitative estimate of drug-likeness (QED) is 0.710. The van der Waals surface area contributed by atoms with Crippen LogP contribution in [-0.4, -0.2) is 33.9 Å². The van der Waals surface area contributed by atoms with Crippen LogP contribution >= 0.6 is 0 Å². The zero-order valence-electron chi connectivity index (χ0n) is 9.91. The Morgan fingerprint density at radius 2 is 1.89 bits per heavy atom. The Balaban J connectivity index is 2.82. The Bertz CT molecular complexity index is 517. The van der Waals surface area contributed by atoms with Crippen LogP contribution in [0.25, 0.3) is 0 Å². The van der Waals surface area contributed by atoms with Gasteiger partial charge in [0.15, 0.2) is 11.6 Å². The molecule has 0 aliphatic heterocycles. The summed E-state index contributed by atoms with van der Waals surface area (Å²) >= 11 is 0. The predicted octanol–water partition coefficient (Wildman–Crippen LogP) is 1.17. The van der Waals surface area contributed by atoms with Crippen molar-refractivity contribution < 1.29 is 26.7 Å². The lowest BCUT2D eigenvalue weighted by Crippen LogP contribution is -2.13. The fourth-order valence-corrected chi connectivity index (χ4v) is 1.55. The van der Waals surface area contributed by atoms with Crippen molar-refractivity contribution in [1.29, 1.82) is 0 Å². The number of carbonyl (C=O) groups is 1. The Morgan fingerprint density at radius 3 is 2.37 bits per heavy atom. The number of anilines is 2. The highest BCUT2D eigenvalue weighted by atomic mass is 32.2. The van der Waals surface area contributed by atoms with Crippen molar-refractivity contribution >= 4 is 28.2 Å². The van der Waals surface area contributed by atoms with Crippen molar-refractivity contribution in [1.82, 2.24) is 0 Å². The van der Waals surface area contributed by atoms with Crippen LogP contribution in [0.4, 0.5) is 25.0 Å². The van der Waals surface area contributed by atoms with E-state index in [2.05, 4.69) is 15.4 Å². The van der Waals surface area contributed by atoms with Gasteiger partial charge in [0.05, 0.1) is 12.9 Å². The summed E-state index contributed by atoms with van der Waals surface area (Å²) in [4.78, 5) is 10.9. The van der Waals surface area contributed by atoms with E-state index in [4.69, 9.17) is 0 Å². The maximum Gasteiger partial charge on any atom is 0.411 e. The van der Waals surface area contributed by atoms with Crippen LogP contribution in [0.1, 0.15) is 0 Å². The maximum absolute atomic E-state index is 13.5. The Labute approximate surface area is 109 Å². The van der Waals surface area contributed by atoms with Gasteiger partial charge in [-0.25, -0.2) is 22.0 Å². The number of thiol groups is 1. The Morgan fingerprint density at radius 1 is 1.32 bits per heavy atom. The highest BCUT2D eigenvalue weighted by molar-refractivity contribution is 7.72. The Kier molecular flexibility index (Phi) is 5.49. The van der Waals surface area contributed by atoms with Crippen LogP contribution in [0, 0.1) is 11.6 Å². The molecule has 0 bridgehead atoms. The zero-order chi connectivity index (χ0) is 14.4. The Hall–Kier alpha value is -1.90. The van der Waals surface area contributed by atoms with E-state index in [1.54, 1.807) is 0 Å². The van der Waals surface area contributed by atoms with Crippen LogP contribution in [0.2, 0.25) is 0 Å². The molecule has 0 aromatic heterocycles. The van der Waals surface area contributed by atoms with Gasteiger partial charge >= 0.3 is 6.09 Å². The van der Waals surface area contributed by atoms with Crippen LogP contribution in [0.15, 0.2) is 12.1 Å². The second-order valence-corrected chi connectivity index (χ2v) is 4.53. The van der Waals surface area contributed by atoms with Crippen molar-refractivity contribution in [2.45, 2.75) is 0 Å². The van der Waals surface area contributed by atoms with Gasteiger partial charge in [0.1, 0.15) is 16.4 Å². The number of benzene rings is 1. The van der Waals surface area contributed by atoms with E-state index in [1.165, 1.54) is 0 Å². The molecule has 0 aliphatic carbocycles. The SMILES string of the molecule is COC(=O)Nc1cc(F)c(NCC[SH](=O)=O)c(F)c1. The van der Waals surface area contributed by atoms with Gasteiger partial charge in [0.25, 0.3) is 0 Å². The first kappa shape index (κ1) is 15.2. The lowest BCUT2D eigenvalue weighted by atomic mass is 10.2. The molecule has 0 fully saturated rings. The van der Waals surface area contributed by atoms with E-state index in [-0.39, 0.29) is 18.0 Å².